The van der Waals surface area contributed by atoms with Crippen LogP contribution in [0.15, 0.2) is 0 Å². The smallest absolute Gasteiger partial charge is 0.0478 e. The Kier molecular flexibility index (Phi) is 6.92. The minimum absolute atomic E-state index is 0.782. The molecule has 0 saturated carbocycles. The van der Waals surface area contributed by atoms with Crippen LogP contribution in [-0.2, 0) is 4.74 Å². The summed E-state index contributed by atoms with van der Waals surface area (Å²) in [6, 6.07) is 0. The molecule has 1 rings (SSSR count). The second-order valence-corrected chi connectivity index (χ2v) is 4.02. The lowest BCUT2D eigenvalue weighted by Gasteiger charge is -2.34. The van der Waals surface area contributed by atoms with Crippen LogP contribution in [0.3, 0.4) is 0 Å². The fraction of sp³-hybridized carbons (Fsp3) is 1.00. The number of hydrogen-bond donors (Lipinski definition) is 1. The molecule has 0 radical (unpaired) electrons. The van der Waals surface area contributed by atoms with Crippen LogP contribution in [0.25, 0.3) is 0 Å². The Bertz CT molecular complexity index is 144. The van der Waals surface area contributed by atoms with Gasteiger partial charge in [-0.25, -0.2) is 0 Å². The summed E-state index contributed by atoms with van der Waals surface area (Å²) in [5.41, 5.74) is 5.54. The lowest BCUT2D eigenvalue weighted by molar-refractivity contribution is 0.106. The first-order valence-electron chi connectivity index (χ1n) is 6.09. The maximum Gasteiger partial charge on any atom is 0.0478 e. The molecule has 4 nitrogen and oxygen atoms in total. The average molecular weight is 215 g/mol. The van der Waals surface area contributed by atoms with Crippen molar-refractivity contribution in [2.24, 2.45) is 5.73 Å². The van der Waals surface area contributed by atoms with E-state index in [0.717, 1.165) is 32.7 Å². The van der Waals surface area contributed by atoms with E-state index >= 15 is 0 Å². The fourth-order valence-corrected chi connectivity index (χ4v) is 1.95. The van der Waals surface area contributed by atoms with E-state index in [2.05, 4.69) is 9.80 Å². The summed E-state index contributed by atoms with van der Waals surface area (Å²) in [6.45, 7) is 11.5. The van der Waals surface area contributed by atoms with Crippen LogP contribution < -0.4 is 5.73 Å². The molecule has 0 atom stereocenters. The minimum atomic E-state index is 0.782. The van der Waals surface area contributed by atoms with Crippen molar-refractivity contribution in [3.63, 3.8) is 0 Å². The summed E-state index contributed by atoms with van der Waals surface area (Å²) < 4.78 is 5.33. The first-order chi connectivity index (χ1) is 7.36. The Morgan fingerprint density at radius 2 is 1.67 bits per heavy atom. The van der Waals surface area contributed by atoms with Crippen molar-refractivity contribution in [1.29, 1.82) is 0 Å². The molecule has 15 heavy (non-hydrogen) atoms. The predicted molar refractivity (Wildman–Crippen MR) is 63.0 cm³/mol. The van der Waals surface area contributed by atoms with Gasteiger partial charge in [0.2, 0.25) is 0 Å². The van der Waals surface area contributed by atoms with Crippen LogP contribution in [0.1, 0.15) is 13.3 Å². The molecule has 0 aromatic heterocycles. The third-order valence-corrected chi connectivity index (χ3v) is 2.88. The van der Waals surface area contributed by atoms with Gasteiger partial charge in [0.1, 0.15) is 0 Å². The molecule has 0 amide bonds. The molecule has 4 heteroatoms. The van der Waals surface area contributed by atoms with Crippen molar-refractivity contribution in [3.05, 3.63) is 0 Å². The molecular weight excluding hydrogens is 190 g/mol. The summed E-state index contributed by atoms with van der Waals surface area (Å²) in [5.74, 6) is 0. The monoisotopic (exact) mass is 215 g/mol. The fourth-order valence-electron chi connectivity index (χ4n) is 1.95. The molecule has 0 aromatic rings. The number of nitrogens with two attached hydrogens (primary N) is 1. The van der Waals surface area contributed by atoms with Gasteiger partial charge in [0.05, 0.1) is 0 Å². The van der Waals surface area contributed by atoms with Crippen LogP contribution in [0.4, 0.5) is 0 Å². The van der Waals surface area contributed by atoms with Gasteiger partial charge in [-0.1, -0.05) is 0 Å². The molecular formula is C11H25N3O. The van der Waals surface area contributed by atoms with Gasteiger partial charge in [0, 0.05) is 59.0 Å². The Hall–Kier alpha value is -0.160. The molecule has 1 saturated heterocycles. The maximum absolute atomic E-state index is 5.54. The van der Waals surface area contributed by atoms with E-state index in [1.165, 1.54) is 32.7 Å². The highest BCUT2D eigenvalue weighted by Crippen LogP contribution is 2.01. The van der Waals surface area contributed by atoms with Crippen molar-refractivity contribution in [2.45, 2.75) is 13.3 Å². The third kappa shape index (κ3) is 5.47. The molecule has 0 aliphatic carbocycles. The largest absolute Gasteiger partial charge is 0.382 e. The van der Waals surface area contributed by atoms with Gasteiger partial charge < -0.3 is 15.4 Å². The van der Waals surface area contributed by atoms with Gasteiger partial charge >= 0.3 is 0 Å². The highest BCUT2D eigenvalue weighted by Gasteiger charge is 2.15. The molecule has 0 aromatic carbocycles. The summed E-state index contributed by atoms with van der Waals surface area (Å²) in [5, 5.41) is 0. The van der Waals surface area contributed by atoms with Crippen LogP contribution in [0.2, 0.25) is 0 Å². The Labute approximate surface area is 93.4 Å². The molecule has 1 fully saturated rings. The van der Waals surface area contributed by atoms with Gasteiger partial charge in [-0.05, 0) is 13.3 Å². The van der Waals surface area contributed by atoms with Crippen LogP contribution in [0, 0.1) is 0 Å². The van der Waals surface area contributed by atoms with Gasteiger partial charge in [0.15, 0.2) is 0 Å². The zero-order chi connectivity index (χ0) is 10.9. The van der Waals surface area contributed by atoms with Gasteiger partial charge in [-0.15, -0.1) is 0 Å². The number of hydrogen-bond acceptors (Lipinski definition) is 4. The number of ether oxygens (including phenoxy) is 1. The summed E-state index contributed by atoms with van der Waals surface area (Å²) in [7, 11) is 0. The normalized spacial score (nSPS) is 19.6. The van der Waals surface area contributed by atoms with Crippen molar-refractivity contribution in [2.75, 3.05) is 59.0 Å². The van der Waals surface area contributed by atoms with E-state index in [1.54, 1.807) is 0 Å². The van der Waals surface area contributed by atoms with Crippen molar-refractivity contribution in [1.82, 2.24) is 9.80 Å². The van der Waals surface area contributed by atoms with E-state index in [9.17, 15) is 0 Å². The van der Waals surface area contributed by atoms with E-state index in [1.807, 2.05) is 6.92 Å². The predicted octanol–water partition coefficient (Wildman–Crippen LogP) is -0.0107. The Morgan fingerprint density at radius 3 is 2.20 bits per heavy atom. The molecule has 0 bridgehead atoms. The van der Waals surface area contributed by atoms with E-state index in [4.69, 9.17) is 10.5 Å². The van der Waals surface area contributed by atoms with Crippen molar-refractivity contribution in [3.8, 4) is 0 Å². The molecule has 1 aliphatic heterocycles. The highest BCUT2D eigenvalue weighted by atomic mass is 16.5. The standard InChI is InChI=1S/C11H25N3O/c1-2-15-11-3-5-13-7-9-14(6-4-12)10-8-13/h2-12H2,1H3. The van der Waals surface area contributed by atoms with Crippen molar-refractivity contribution < 1.29 is 4.74 Å². The van der Waals surface area contributed by atoms with Crippen LogP contribution >= 0.6 is 0 Å². The lowest BCUT2D eigenvalue weighted by Crippen LogP contribution is -2.47. The highest BCUT2D eigenvalue weighted by molar-refractivity contribution is 4.71. The topological polar surface area (TPSA) is 41.7 Å². The molecule has 1 aliphatic rings. The van der Waals surface area contributed by atoms with Gasteiger partial charge in [-0.3, -0.25) is 4.90 Å². The third-order valence-electron chi connectivity index (χ3n) is 2.88. The first-order valence-corrected chi connectivity index (χ1v) is 6.09. The number of rotatable bonds is 7. The quantitative estimate of drug-likeness (QED) is 0.607. The molecule has 2 N–H and O–H groups in total. The molecule has 1 heterocycles. The Balaban J connectivity index is 1.99. The average Bonchev–Trinajstić information content (AvgIpc) is 2.27. The summed E-state index contributed by atoms with van der Waals surface area (Å²) >= 11 is 0. The molecule has 90 valence electrons. The van der Waals surface area contributed by atoms with Gasteiger partial charge in [0.25, 0.3) is 0 Å². The van der Waals surface area contributed by atoms with Crippen LogP contribution in [-0.4, -0.2) is 68.8 Å². The summed E-state index contributed by atoms with van der Waals surface area (Å²) in [4.78, 5) is 4.96. The Morgan fingerprint density at radius 1 is 1.07 bits per heavy atom. The van der Waals surface area contributed by atoms with E-state index in [-0.39, 0.29) is 0 Å². The zero-order valence-electron chi connectivity index (χ0n) is 9.95. The maximum atomic E-state index is 5.54. The van der Waals surface area contributed by atoms with Crippen molar-refractivity contribution >= 4 is 0 Å². The van der Waals surface area contributed by atoms with E-state index < -0.39 is 0 Å². The molecule has 0 unspecified atom stereocenters. The molecule has 0 spiro atoms. The number of nitrogens with zero attached hydrogens (tertiary/aromatic N) is 2. The SMILES string of the molecule is CCOCCCN1CCN(CCN)CC1. The first kappa shape index (κ1) is 12.9. The number of piperazine rings is 1. The lowest BCUT2D eigenvalue weighted by atomic mass is 10.3. The zero-order valence-corrected chi connectivity index (χ0v) is 9.95. The minimum Gasteiger partial charge on any atom is -0.382 e. The van der Waals surface area contributed by atoms with Gasteiger partial charge in [-0.2, -0.15) is 0 Å². The van der Waals surface area contributed by atoms with Crippen LogP contribution in [0.5, 0.6) is 0 Å². The van der Waals surface area contributed by atoms with E-state index in [0.29, 0.717) is 0 Å². The summed E-state index contributed by atoms with van der Waals surface area (Å²) in [6.07, 6.45) is 1.16. The second kappa shape index (κ2) is 8.05. The second-order valence-electron chi connectivity index (χ2n) is 4.02.